The molecule has 0 aliphatic carbocycles. The summed E-state index contributed by atoms with van der Waals surface area (Å²) in [6.07, 6.45) is 0. The number of anilines is 1. The third-order valence-electron chi connectivity index (χ3n) is 5.82. The van der Waals surface area contributed by atoms with Gasteiger partial charge >= 0.3 is 0 Å². The third-order valence-corrected chi connectivity index (χ3v) is 5.82. The molecular weight excluding hydrogens is 406 g/mol. The minimum absolute atomic E-state index is 0.105. The van der Waals surface area contributed by atoms with Gasteiger partial charge in [-0.3, -0.25) is 5.43 Å². The standard InChI is InChI=1S/C29H27N3O/c1-19-9-15-26-23(17-19)25(31-32-28-16-12-20-7-5-6-8-24(20)30-28)18-27(33-26)21-10-13-22(14-11-21)29(2,3)4/h5-18H,1-4H3,(H,30,32)/b31-25+. The minimum Gasteiger partial charge on any atom is -0.456 e. The van der Waals surface area contributed by atoms with Crippen LogP contribution in [0.25, 0.3) is 33.2 Å². The number of fused-ring (bicyclic) bond motifs is 2. The van der Waals surface area contributed by atoms with Crippen molar-refractivity contribution in [2.24, 2.45) is 5.10 Å². The van der Waals surface area contributed by atoms with Crippen LogP contribution in [0, 0.1) is 6.92 Å². The zero-order valence-corrected chi connectivity index (χ0v) is 19.4. The lowest BCUT2D eigenvalue weighted by atomic mass is 9.86. The van der Waals surface area contributed by atoms with Crippen molar-refractivity contribution in [1.82, 2.24) is 4.98 Å². The van der Waals surface area contributed by atoms with E-state index in [0.717, 1.165) is 44.1 Å². The number of pyridine rings is 1. The molecule has 0 aliphatic heterocycles. The molecular formula is C29H27N3O. The zero-order chi connectivity index (χ0) is 23.0. The first-order valence-corrected chi connectivity index (χ1v) is 11.2. The second kappa shape index (κ2) is 8.21. The van der Waals surface area contributed by atoms with Crippen LogP contribution in [-0.4, -0.2) is 4.98 Å². The van der Waals surface area contributed by atoms with E-state index in [1.807, 2.05) is 42.5 Å². The van der Waals surface area contributed by atoms with Crippen molar-refractivity contribution in [3.8, 4) is 11.3 Å². The van der Waals surface area contributed by atoms with Crippen molar-refractivity contribution in [2.45, 2.75) is 33.1 Å². The minimum atomic E-state index is 0.105. The first-order valence-electron chi connectivity index (χ1n) is 11.2. The van der Waals surface area contributed by atoms with Crippen LogP contribution in [0.4, 0.5) is 5.82 Å². The number of hydrogen-bond acceptors (Lipinski definition) is 4. The molecule has 0 bridgehead atoms. The van der Waals surface area contributed by atoms with Gasteiger partial charge in [0.15, 0.2) is 0 Å². The van der Waals surface area contributed by atoms with Crippen LogP contribution in [0.5, 0.6) is 0 Å². The summed E-state index contributed by atoms with van der Waals surface area (Å²) in [5.74, 6) is 1.48. The zero-order valence-electron chi connectivity index (χ0n) is 19.4. The van der Waals surface area contributed by atoms with Gasteiger partial charge in [0.2, 0.25) is 0 Å². The van der Waals surface area contributed by atoms with Crippen LogP contribution in [0.15, 0.2) is 94.4 Å². The predicted molar refractivity (Wildman–Crippen MR) is 136 cm³/mol. The maximum atomic E-state index is 6.28. The molecule has 1 N–H and O–H groups in total. The van der Waals surface area contributed by atoms with Crippen LogP contribution in [0.1, 0.15) is 31.9 Å². The molecule has 4 nitrogen and oxygen atoms in total. The highest BCUT2D eigenvalue weighted by Crippen LogP contribution is 2.27. The Labute approximate surface area is 193 Å². The van der Waals surface area contributed by atoms with E-state index in [9.17, 15) is 0 Å². The first-order chi connectivity index (χ1) is 15.9. The summed E-state index contributed by atoms with van der Waals surface area (Å²) >= 11 is 0. The third kappa shape index (κ3) is 4.37. The van der Waals surface area contributed by atoms with Gasteiger partial charge in [-0.15, -0.1) is 0 Å². The van der Waals surface area contributed by atoms with Crippen LogP contribution in [0.2, 0.25) is 0 Å². The number of aromatic nitrogens is 1. The van der Waals surface area contributed by atoms with Gasteiger partial charge in [0.05, 0.1) is 10.9 Å². The Bertz CT molecular complexity index is 1520. The summed E-state index contributed by atoms with van der Waals surface area (Å²) in [7, 11) is 0. The maximum Gasteiger partial charge on any atom is 0.146 e. The van der Waals surface area contributed by atoms with Gasteiger partial charge in [-0.25, -0.2) is 4.98 Å². The molecule has 5 rings (SSSR count). The average molecular weight is 434 g/mol. The monoisotopic (exact) mass is 433 g/mol. The van der Waals surface area contributed by atoms with Gasteiger partial charge in [0.25, 0.3) is 0 Å². The molecule has 164 valence electrons. The number of nitrogens with zero attached hydrogens (tertiary/aromatic N) is 2. The summed E-state index contributed by atoms with van der Waals surface area (Å²) < 4.78 is 6.28. The topological polar surface area (TPSA) is 50.4 Å². The van der Waals surface area contributed by atoms with Crippen LogP contribution in [-0.2, 0) is 5.41 Å². The van der Waals surface area contributed by atoms with E-state index in [0.29, 0.717) is 5.82 Å². The highest BCUT2D eigenvalue weighted by molar-refractivity contribution is 5.81. The Kier molecular flexibility index (Phi) is 5.21. The Morgan fingerprint density at radius 3 is 2.42 bits per heavy atom. The predicted octanol–water partition coefficient (Wildman–Crippen LogP) is 7.18. The van der Waals surface area contributed by atoms with E-state index in [1.165, 1.54) is 5.56 Å². The highest BCUT2D eigenvalue weighted by atomic mass is 16.3. The first kappa shape index (κ1) is 21.0. The maximum absolute atomic E-state index is 6.28. The van der Waals surface area contributed by atoms with Crippen LogP contribution >= 0.6 is 0 Å². The van der Waals surface area contributed by atoms with Crippen molar-refractivity contribution < 1.29 is 4.42 Å². The summed E-state index contributed by atoms with van der Waals surface area (Å²) in [6.45, 7) is 8.72. The molecule has 0 atom stereocenters. The quantitative estimate of drug-likeness (QED) is 0.307. The molecule has 4 heteroatoms. The van der Waals surface area contributed by atoms with E-state index >= 15 is 0 Å². The molecule has 0 aliphatic rings. The van der Waals surface area contributed by atoms with E-state index < -0.39 is 0 Å². The number of rotatable bonds is 3. The molecule has 0 spiro atoms. The van der Waals surface area contributed by atoms with Crippen molar-refractivity contribution in [3.63, 3.8) is 0 Å². The fourth-order valence-corrected chi connectivity index (χ4v) is 3.90. The molecule has 0 amide bonds. The summed E-state index contributed by atoms with van der Waals surface area (Å²) in [6, 6.07) is 28.7. The second-order valence-electron chi connectivity index (χ2n) is 9.44. The molecule has 3 aromatic carbocycles. The lowest BCUT2D eigenvalue weighted by Crippen LogP contribution is -2.10. The van der Waals surface area contributed by atoms with Crippen molar-refractivity contribution >= 4 is 27.7 Å². The molecule has 33 heavy (non-hydrogen) atoms. The molecule has 2 heterocycles. The van der Waals surface area contributed by atoms with E-state index in [1.54, 1.807) is 0 Å². The number of benzene rings is 3. The van der Waals surface area contributed by atoms with E-state index in [4.69, 9.17) is 9.52 Å². The Morgan fingerprint density at radius 1 is 0.848 bits per heavy atom. The van der Waals surface area contributed by atoms with E-state index in [2.05, 4.69) is 80.6 Å². The molecule has 0 unspecified atom stereocenters. The van der Waals surface area contributed by atoms with Gasteiger partial charge < -0.3 is 4.42 Å². The van der Waals surface area contributed by atoms with Gasteiger partial charge in [-0.1, -0.05) is 74.9 Å². The van der Waals surface area contributed by atoms with Gasteiger partial charge in [-0.05, 0) is 48.2 Å². The number of nitrogens with one attached hydrogen (secondary N) is 1. The summed E-state index contributed by atoms with van der Waals surface area (Å²) in [5.41, 5.74) is 8.44. The molecule has 5 aromatic rings. The lowest BCUT2D eigenvalue weighted by molar-refractivity contribution is 0.589. The van der Waals surface area contributed by atoms with Crippen LogP contribution in [0.3, 0.4) is 0 Å². The number of aryl methyl sites for hydroxylation is 1. The largest absolute Gasteiger partial charge is 0.456 e. The highest BCUT2D eigenvalue weighted by Gasteiger charge is 2.14. The summed E-state index contributed by atoms with van der Waals surface area (Å²) in [4.78, 5) is 4.67. The van der Waals surface area contributed by atoms with Gasteiger partial charge in [0, 0.05) is 22.4 Å². The fourth-order valence-electron chi connectivity index (χ4n) is 3.90. The number of para-hydroxylation sites is 1. The molecule has 0 fully saturated rings. The second-order valence-corrected chi connectivity index (χ2v) is 9.44. The Hall–Kier alpha value is -3.92. The smallest absolute Gasteiger partial charge is 0.146 e. The Balaban J connectivity index is 1.59. The lowest BCUT2D eigenvalue weighted by Gasteiger charge is -2.19. The fraction of sp³-hybridized carbons (Fsp3) is 0.172. The Morgan fingerprint density at radius 2 is 1.64 bits per heavy atom. The molecule has 0 saturated heterocycles. The van der Waals surface area contributed by atoms with Crippen molar-refractivity contribution in [1.29, 1.82) is 0 Å². The summed E-state index contributed by atoms with van der Waals surface area (Å²) in [5, 5.41) is 7.59. The molecule has 0 saturated carbocycles. The van der Waals surface area contributed by atoms with E-state index in [-0.39, 0.29) is 5.41 Å². The van der Waals surface area contributed by atoms with Crippen molar-refractivity contribution in [2.75, 3.05) is 5.43 Å². The molecule has 2 aromatic heterocycles. The molecule has 0 radical (unpaired) electrons. The van der Waals surface area contributed by atoms with Crippen molar-refractivity contribution in [3.05, 3.63) is 101 Å². The average Bonchev–Trinajstić information content (AvgIpc) is 2.82. The van der Waals surface area contributed by atoms with Gasteiger partial charge in [-0.2, -0.15) is 5.10 Å². The van der Waals surface area contributed by atoms with Crippen LogP contribution < -0.4 is 10.8 Å². The van der Waals surface area contributed by atoms with Gasteiger partial charge in [0.1, 0.15) is 17.2 Å². The number of hydrogen-bond donors (Lipinski definition) is 1. The SMILES string of the molecule is Cc1ccc2oc(-c3ccc(C(C)(C)C)cc3)c/c(=N\Nc3ccc4ccccc4n3)c2c1. The normalized spacial score (nSPS) is 12.4.